The maximum atomic E-state index is 13.3. The molecular weight excluding hydrogens is 366 g/mol. The molecule has 1 fully saturated rings. The number of nitrogens with zero attached hydrogens (tertiary/aromatic N) is 1. The Bertz CT molecular complexity index is 840. The minimum Gasteiger partial charge on any atom is -0.492 e. The number of carbonyl (C=O) groups excluding carboxylic acids is 2. The highest BCUT2D eigenvalue weighted by molar-refractivity contribution is 6.07. The first-order valence-electron chi connectivity index (χ1n) is 9.25. The topological polar surface area (TPSA) is 58.6 Å². The molecule has 28 heavy (non-hydrogen) atoms. The summed E-state index contributed by atoms with van der Waals surface area (Å²) < 4.78 is 31.8. The predicted molar refractivity (Wildman–Crippen MR) is 99.7 cm³/mol. The third-order valence-electron chi connectivity index (χ3n) is 4.82. The number of carbonyl (C=O) groups is 2. The fourth-order valence-electron chi connectivity index (χ4n) is 3.30. The van der Waals surface area contributed by atoms with Crippen molar-refractivity contribution in [3.05, 3.63) is 65.7 Å². The van der Waals surface area contributed by atoms with Gasteiger partial charge in [0, 0.05) is 0 Å². The van der Waals surface area contributed by atoms with Crippen molar-refractivity contribution < 1.29 is 23.1 Å². The molecule has 5 nitrogen and oxygen atoms in total. The summed E-state index contributed by atoms with van der Waals surface area (Å²) in [5.74, 6) is -0.707. The standard InChI is InChI=1S/C21H22F2N2O3/c1-2-3-12-21(15-4-6-16(22)7-5-15)19(26)25(20(27)24-21)13-14-28-18-10-8-17(23)9-11-18/h4-11H,2-3,12-14H2,1H3,(H,24,27). The predicted octanol–water partition coefficient (Wildman–Crippen LogP) is 3.98. The number of urea groups is 1. The van der Waals surface area contributed by atoms with Gasteiger partial charge in [-0.05, 0) is 48.4 Å². The van der Waals surface area contributed by atoms with Crippen LogP contribution in [0.15, 0.2) is 48.5 Å². The minimum absolute atomic E-state index is 0.0527. The van der Waals surface area contributed by atoms with Crippen LogP contribution < -0.4 is 10.1 Å². The van der Waals surface area contributed by atoms with Crippen molar-refractivity contribution in [2.24, 2.45) is 0 Å². The Morgan fingerprint density at radius 3 is 2.21 bits per heavy atom. The minimum atomic E-state index is -1.20. The van der Waals surface area contributed by atoms with Crippen LogP contribution in [0.25, 0.3) is 0 Å². The summed E-state index contributed by atoms with van der Waals surface area (Å²) in [7, 11) is 0. The average Bonchev–Trinajstić information content (AvgIpc) is 2.93. The van der Waals surface area contributed by atoms with Gasteiger partial charge in [-0.1, -0.05) is 31.9 Å². The van der Waals surface area contributed by atoms with E-state index in [0.29, 0.717) is 17.7 Å². The van der Waals surface area contributed by atoms with Crippen molar-refractivity contribution >= 4 is 11.9 Å². The quantitative estimate of drug-likeness (QED) is 0.696. The zero-order valence-corrected chi connectivity index (χ0v) is 15.6. The van der Waals surface area contributed by atoms with Crippen LogP contribution in [-0.2, 0) is 10.3 Å². The number of amides is 3. The van der Waals surface area contributed by atoms with Crippen molar-refractivity contribution in [2.75, 3.05) is 13.2 Å². The van der Waals surface area contributed by atoms with Gasteiger partial charge in [0.05, 0.1) is 6.54 Å². The normalized spacial score (nSPS) is 19.0. The van der Waals surface area contributed by atoms with Gasteiger partial charge in [-0.25, -0.2) is 13.6 Å². The molecule has 1 unspecified atom stereocenters. The molecule has 0 radical (unpaired) electrons. The van der Waals surface area contributed by atoms with E-state index in [1.54, 1.807) is 0 Å². The number of imide groups is 1. The third kappa shape index (κ3) is 3.98. The van der Waals surface area contributed by atoms with Gasteiger partial charge >= 0.3 is 6.03 Å². The van der Waals surface area contributed by atoms with Crippen LogP contribution in [0.3, 0.4) is 0 Å². The SMILES string of the molecule is CCCCC1(c2ccc(F)cc2)NC(=O)N(CCOc2ccc(F)cc2)C1=O. The summed E-state index contributed by atoms with van der Waals surface area (Å²) in [6.45, 7) is 2.13. The highest BCUT2D eigenvalue weighted by Gasteiger charge is 2.51. The lowest BCUT2D eigenvalue weighted by Crippen LogP contribution is -2.44. The van der Waals surface area contributed by atoms with Crippen LogP contribution in [0.5, 0.6) is 5.75 Å². The third-order valence-corrected chi connectivity index (χ3v) is 4.82. The molecule has 3 amide bonds. The van der Waals surface area contributed by atoms with Crippen molar-refractivity contribution in [1.29, 1.82) is 0 Å². The van der Waals surface area contributed by atoms with E-state index in [4.69, 9.17) is 4.74 Å². The van der Waals surface area contributed by atoms with E-state index in [9.17, 15) is 18.4 Å². The Morgan fingerprint density at radius 2 is 1.61 bits per heavy atom. The van der Waals surface area contributed by atoms with E-state index < -0.39 is 17.4 Å². The van der Waals surface area contributed by atoms with E-state index in [2.05, 4.69) is 5.32 Å². The molecule has 1 aliphatic heterocycles. The number of rotatable bonds is 8. The summed E-state index contributed by atoms with van der Waals surface area (Å²) >= 11 is 0. The van der Waals surface area contributed by atoms with Gasteiger partial charge in [0.2, 0.25) is 0 Å². The maximum absolute atomic E-state index is 13.3. The second-order valence-corrected chi connectivity index (χ2v) is 6.71. The first-order valence-corrected chi connectivity index (χ1v) is 9.25. The summed E-state index contributed by atoms with van der Waals surface area (Å²) in [5, 5.41) is 2.80. The summed E-state index contributed by atoms with van der Waals surface area (Å²) in [4.78, 5) is 26.8. The summed E-state index contributed by atoms with van der Waals surface area (Å²) in [5.41, 5.74) is -0.640. The number of ether oxygens (including phenoxy) is 1. The van der Waals surface area contributed by atoms with Crippen LogP contribution in [0.2, 0.25) is 0 Å². The Labute approximate surface area is 162 Å². The van der Waals surface area contributed by atoms with E-state index >= 15 is 0 Å². The van der Waals surface area contributed by atoms with Gasteiger partial charge in [-0.15, -0.1) is 0 Å². The number of hydrogen-bond donors (Lipinski definition) is 1. The van der Waals surface area contributed by atoms with E-state index in [0.717, 1.165) is 17.7 Å². The molecule has 1 atom stereocenters. The van der Waals surface area contributed by atoms with Gasteiger partial charge in [-0.3, -0.25) is 9.69 Å². The molecule has 0 spiro atoms. The van der Waals surface area contributed by atoms with Gasteiger partial charge < -0.3 is 10.1 Å². The molecule has 2 aromatic rings. The van der Waals surface area contributed by atoms with E-state index in [1.165, 1.54) is 48.5 Å². The molecule has 1 saturated heterocycles. The molecule has 1 aliphatic rings. The summed E-state index contributed by atoms with van der Waals surface area (Å²) in [6.07, 6.45) is 2.00. The lowest BCUT2D eigenvalue weighted by molar-refractivity contribution is -0.132. The lowest BCUT2D eigenvalue weighted by atomic mass is 9.85. The molecule has 0 aromatic heterocycles. The Balaban J connectivity index is 1.74. The second-order valence-electron chi connectivity index (χ2n) is 6.71. The number of unbranched alkanes of at least 4 members (excludes halogenated alkanes) is 1. The van der Waals surface area contributed by atoms with Crippen molar-refractivity contribution in [3.8, 4) is 5.75 Å². The summed E-state index contributed by atoms with van der Waals surface area (Å²) in [6, 6.07) is 10.6. The molecule has 7 heteroatoms. The smallest absolute Gasteiger partial charge is 0.325 e. The van der Waals surface area contributed by atoms with Crippen LogP contribution in [0.4, 0.5) is 13.6 Å². The highest BCUT2D eigenvalue weighted by Crippen LogP contribution is 2.34. The first kappa shape index (κ1) is 19.8. The van der Waals surface area contributed by atoms with E-state index in [-0.39, 0.29) is 24.9 Å². The fraction of sp³-hybridized carbons (Fsp3) is 0.333. The molecule has 148 valence electrons. The molecule has 1 heterocycles. The molecule has 0 bridgehead atoms. The van der Waals surface area contributed by atoms with Crippen LogP contribution >= 0.6 is 0 Å². The van der Waals surface area contributed by atoms with Gasteiger partial charge in [0.1, 0.15) is 29.5 Å². The molecular formula is C21H22F2N2O3. The molecule has 0 saturated carbocycles. The van der Waals surface area contributed by atoms with Gasteiger partial charge in [-0.2, -0.15) is 0 Å². The Kier molecular flexibility index (Phi) is 5.92. The zero-order chi connectivity index (χ0) is 20.1. The number of nitrogens with one attached hydrogen (secondary N) is 1. The number of halogens is 2. The molecule has 0 aliphatic carbocycles. The maximum Gasteiger partial charge on any atom is 0.325 e. The highest BCUT2D eigenvalue weighted by atomic mass is 19.1. The molecule has 3 rings (SSSR count). The number of hydrogen-bond acceptors (Lipinski definition) is 3. The van der Waals surface area contributed by atoms with E-state index in [1.807, 2.05) is 6.92 Å². The van der Waals surface area contributed by atoms with Gasteiger partial charge in [0.15, 0.2) is 0 Å². The molecule has 1 N–H and O–H groups in total. The fourth-order valence-corrected chi connectivity index (χ4v) is 3.30. The lowest BCUT2D eigenvalue weighted by Gasteiger charge is -2.27. The van der Waals surface area contributed by atoms with Crippen molar-refractivity contribution in [3.63, 3.8) is 0 Å². The Hall–Kier alpha value is -2.96. The zero-order valence-electron chi connectivity index (χ0n) is 15.6. The van der Waals surface area contributed by atoms with Crippen molar-refractivity contribution in [1.82, 2.24) is 10.2 Å². The monoisotopic (exact) mass is 388 g/mol. The number of benzene rings is 2. The van der Waals surface area contributed by atoms with Crippen molar-refractivity contribution in [2.45, 2.75) is 31.7 Å². The Morgan fingerprint density at radius 1 is 1.00 bits per heavy atom. The van der Waals surface area contributed by atoms with Crippen LogP contribution in [0, 0.1) is 11.6 Å². The first-order chi connectivity index (χ1) is 13.5. The van der Waals surface area contributed by atoms with Crippen LogP contribution in [-0.4, -0.2) is 30.0 Å². The second kappa shape index (κ2) is 8.37. The van der Waals surface area contributed by atoms with Crippen LogP contribution in [0.1, 0.15) is 31.7 Å². The largest absolute Gasteiger partial charge is 0.492 e. The van der Waals surface area contributed by atoms with Gasteiger partial charge in [0.25, 0.3) is 5.91 Å². The molecule has 2 aromatic carbocycles. The average molecular weight is 388 g/mol.